The highest BCUT2D eigenvalue weighted by molar-refractivity contribution is 6.97. The van der Waals surface area contributed by atoms with Gasteiger partial charge < -0.3 is 13.6 Å². The highest BCUT2D eigenvalue weighted by Gasteiger charge is 2.39. The van der Waals surface area contributed by atoms with Crippen LogP contribution in [-0.4, -0.2) is 40.5 Å². The Kier molecular flexibility index (Phi) is 6.28. The first-order chi connectivity index (χ1) is 13.5. The molecule has 0 aliphatic carbocycles. The fourth-order valence-corrected chi connectivity index (χ4v) is 11.7. The van der Waals surface area contributed by atoms with E-state index in [2.05, 4.69) is 9.47 Å². The molecule has 0 bridgehead atoms. The van der Waals surface area contributed by atoms with Crippen molar-refractivity contribution in [2.45, 2.75) is 41.0 Å². The van der Waals surface area contributed by atoms with E-state index in [1.165, 1.54) is 0 Å². The van der Waals surface area contributed by atoms with E-state index in [0.29, 0.717) is 0 Å². The lowest BCUT2D eigenvalue weighted by Gasteiger charge is -2.34. The monoisotopic (exact) mass is 458 g/mol. The van der Waals surface area contributed by atoms with Crippen molar-refractivity contribution < 1.29 is 32.8 Å². The van der Waals surface area contributed by atoms with Crippen molar-refractivity contribution in [3.63, 3.8) is 0 Å². The zero-order valence-electron chi connectivity index (χ0n) is 16.3. The molecule has 0 fully saturated rings. The number of hydrogen-bond acceptors (Lipinski definition) is 7. The number of rotatable bonds is 4. The molecule has 4 rings (SSSR count). The van der Waals surface area contributed by atoms with E-state index < -0.39 is 40.5 Å². The summed E-state index contributed by atoms with van der Waals surface area (Å²) < 4.78 is 16.0. The standard InChI is InChI=1S/C20H18O7Si2.2CH4/c1-28(2,11-5-7-13-15(9-11)19(23)25-17(13)21)27-29(3,4)12-6-8-14-16(10-12)20(24)26-18(14)22;;/h5-10H,1-4H3;2*1H4. The largest absolute Gasteiger partial charge is 0.449 e. The number of hydrogen-bond donors (Lipinski definition) is 0. The maximum Gasteiger partial charge on any atom is 0.346 e. The minimum absolute atomic E-state index is 0. The average molecular weight is 459 g/mol. The molecule has 9 heteroatoms. The summed E-state index contributed by atoms with van der Waals surface area (Å²) in [6.45, 7) is 8.04. The van der Waals surface area contributed by atoms with Crippen molar-refractivity contribution in [3.8, 4) is 0 Å². The number of ether oxygens (including phenoxy) is 2. The van der Waals surface area contributed by atoms with Crippen molar-refractivity contribution in [2.75, 3.05) is 0 Å². The Hall–Kier alpha value is -2.89. The molecule has 0 amide bonds. The van der Waals surface area contributed by atoms with Gasteiger partial charge in [-0.1, -0.05) is 27.0 Å². The van der Waals surface area contributed by atoms with Crippen molar-refractivity contribution >= 4 is 50.9 Å². The molecule has 2 aromatic rings. The number of carbonyl (C=O) groups is 4. The number of carbonyl (C=O) groups excluding carboxylic acids is 4. The summed E-state index contributed by atoms with van der Waals surface area (Å²) in [5.74, 6) is -2.55. The second-order valence-electron chi connectivity index (χ2n) is 8.00. The van der Waals surface area contributed by atoms with Gasteiger partial charge in [-0.3, -0.25) is 0 Å². The summed E-state index contributed by atoms with van der Waals surface area (Å²) in [5.41, 5.74) is 1.05. The topological polar surface area (TPSA) is 96.0 Å². The Labute approximate surface area is 183 Å². The van der Waals surface area contributed by atoms with E-state index >= 15 is 0 Å². The lowest BCUT2D eigenvalue weighted by atomic mass is 10.1. The predicted octanol–water partition coefficient (Wildman–Crippen LogP) is 3.12. The predicted molar refractivity (Wildman–Crippen MR) is 121 cm³/mol. The van der Waals surface area contributed by atoms with E-state index in [4.69, 9.17) is 4.12 Å². The summed E-state index contributed by atoms with van der Waals surface area (Å²) in [4.78, 5) is 47.1. The van der Waals surface area contributed by atoms with Gasteiger partial charge in [0.15, 0.2) is 0 Å². The maximum atomic E-state index is 11.9. The van der Waals surface area contributed by atoms with E-state index in [0.717, 1.165) is 10.4 Å². The molecule has 31 heavy (non-hydrogen) atoms. The number of benzene rings is 2. The molecule has 0 atom stereocenters. The molecule has 0 radical (unpaired) electrons. The molecule has 0 aromatic heterocycles. The van der Waals surface area contributed by atoms with Crippen molar-refractivity contribution in [3.05, 3.63) is 58.7 Å². The minimum atomic E-state index is -2.49. The van der Waals surface area contributed by atoms with Gasteiger partial charge in [-0.25, -0.2) is 19.2 Å². The molecule has 2 heterocycles. The Morgan fingerprint density at radius 1 is 0.581 bits per heavy atom. The molecule has 164 valence electrons. The van der Waals surface area contributed by atoms with Crippen LogP contribution in [0.1, 0.15) is 56.3 Å². The first-order valence-corrected chi connectivity index (χ1v) is 14.8. The first kappa shape index (κ1) is 24.4. The van der Waals surface area contributed by atoms with Crippen molar-refractivity contribution in [1.82, 2.24) is 0 Å². The molecule has 2 aromatic carbocycles. The summed E-state index contributed by atoms with van der Waals surface area (Å²) in [6, 6.07) is 10.2. The number of cyclic esters (lactones) is 4. The quantitative estimate of drug-likeness (QED) is 0.394. The van der Waals surface area contributed by atoms with Crippen LogP contribution in [0.2, 0.25) is 26.2 Å². The third-order valence-electron chi connectivity index (χ3n) is 5.19. The molecule has 0 saturated carbocycles. The van der Waals surface area contributed by atoms with Gasteiger partial charge in [0.1, 0.15) is 0 Å². The van der Waals surface area contributed by atoms with E-state index in [1.54, 1.807) is 36.4 Å². The smallest absolute Gasteiger partial charge is 0.346 e. The number of esters is 4. The van der Waals surface area contributed by atoms with Gasteiger partial charge in [0.05, 0.1) is 22.3 Å². The first-order valence-electron chi connectivity index (χ1n) is 9.02. The van der Waals surface area contributed by atoms with Crippen LogP contribution in [0.3, 0.4) is 0 Å². The summed E-state index contributed by atoms with van der Waals surface area (Å²) in [7, 11) is -4.98. The molecule has 0 spiro atoms. The highest BCUT2D eigenvalue weighted by atomic mass is 28.4. The van der Waals surface area contributed by atoms with Crippen molar-refractivity contribution in [1.29, 1.82) is 0 Å². The van der Waals surface area contributed by atoms with Crippen LogP contribution in [0.25, 0.3) is 0 Å². The molecule has 0 N–H and O–H groups in total. The van der Waals surface area contributed by atoms with E-state index in [-0.39, 0.29) is 37.1 Å². The van der Waals surface area contributed by atoms with Gasteiger partial charge in [-0.2, -0.15) is 0 Å². The van der Waals surface area contributed by atoms with Crippen LogP contribution in [0.4, 0.5) is 0 Å². The Morgan fingerprint density at radius 3 is 1.26 bits per heavy atom. The lowest BCUT2D eigenvalue weighted by molar-refractivity contribution is 0.0425. The van der Waals surface area contributed by atoms with Crippen LogP contribution in [0, 0.1) is 0 Å². The normalized spacial score (nSPS) is 14.8. The second kappa shape index (κ2) is 7.99. The molecule has 2 aliphatic heterocycles. The summed E-state index contributed by atoms with van der Waals surface area (Å²) in [5, 5.41) is 1.72. The van der Waals surface area contributed by atoms with Gasteiger partial charge >= 0.3 is 23.9 Å². The van der Waals surface area contributed by atoms with Gasteiger partial charge in [0.2, 0.25) is 16.6 Å². The average Bonchev–Trinajstić information content (AvgIpc) is 3.09. The Morgan fingerprint density at radius 2 is 0.903 bits per heavy atom. The molecular formula is C22H26O7Si2. The van der Waals surface area contributed by atoms with Crippen LogP contribution < -0.4 is 10.4 Å². The summed E-state index contributed by atoms with van der Waals surface area (Å²) in [6.07, 6.45) is 0. The highest BCUT2D eigenvalue weighted by Crippen LogP contribution is 2.23. The van der Waals surface area contributed by atoms with Crippen LogP contribution in [0.5, 0.6) is 0 Å². The zero-order chi connectivity index (χ0) is 21.1. The molecule has 2 aliphatic rings. The minimum Gasteiger partial charge on any atom is -0.449 e. The number of fused-ring (bicyclic) bond motifs is 2. The SMILES string of the molecule is C.C.C[Si](C)(O[Si](C)(C)c1ccc2c(c1)C(=O)OC2=O)c1ccc2c(c1)C(=O)OC2=O. The van der Waals surface area contributed by atoms with Crippen molar-refractivity contribution in [2.24, 2.45) is 0 Å². The molecule has 0 unspecified atom stereocenters. The van der Waals surface area contributed by atoms with Gasteiger partial charge in [-0.05, 0) is 60.8 Å². The second-order valence-corrected chi connectivity index (χ2v) is 16.0. The van der Waals surface area contributed by atoms with Gasteiger partial charge in [-0.15, -0.1) is 0 Å². The molecule has 7 nitrogen and oxygen atoms in total. The zero-order valence-corrected chi connectivity index (χ0v) is 18.3. The maximum absolute atomic E-state index is 11.9. The molecular weight excluding hydrogens is 432 g/mol. The van der Waals surface area contributed by atoms with Crippen LogP contribution >= 0.6 is 0 Å². The fourth-order valence-electron chi connectivity index (χ4n) is 3.68. The molecule has 0 saturated heterocycles. The lowest BCUT2D eigenvalue weighted by Crippen LogP contribution is -2.57. The fraction of sp³-hybridized carbons (Fsp3) is 0.273. The summed E-state index contributed by atoms with van der Waals surface area (Å²) >= 11 is 0. The van der Waals surface area contributed by atoms with Gasteiger partial charge in [0.25, 0.3) is 0 Å². The van der Waals surface area contributed by atoms with Crippen LogP contribution in [0.15, 0.2) is 36.4 Å². The third-order valence-corrected chi connectivity index (χ3v) is 12.7. The third kappa shape index (κ3) is 4.03. The van der Waals surface area contributed by atoms with E-state index in [9.17, 15) is 19.2 Å². The van der Waals surface area contributed by atoms with E-state index in [1.807, 2.05) is 26.2 Å². The van der Waals surface area contributed by atoms with Crippen LogP contribution in [-0.2, 0) is 13.6 Å². The Balaban J connectivity index is 0.00000171. The van der Waals surface area contributed by atoms with Gasteiger partial charge in [0, 0.05) is 0 Å². The Bertz CT molecular complexity index is 1030.